The summed E-state index contributed by atoms with van der Waals surface area (Å²) >= 11 is 0. The molecule has 7 nitrogen and oxygen atoms in total. The number of aromatic nitrogens is 3. The van der Waals surface area contributed by atoms with Crippen LogP contribution >= 0.6 is 0 Å². The van der Waals surface area contributed by atoms with Crippen LogP contribution in [0, 0.1) is 0 Å². The van der Waals surface area contributed by atoms with E-state index in [1.165, 1.54) is 4.68 Å². The molecule has 1 aliphatic heterocycles. The van der Waals surface area contributed by atoms with E-state index >= 15 is 0 Å². The second kappa shape index (κ2) is 7.72. The third-order valence-electron chi connectivity index (χ3n) is 4.38. The molecule has 3 heterocycles. The standard InChI is InChI=1S/C17H25N5O2/c1-14(2)15-12-18-16(24-15)13-21-8-6-20(7-9-21)10-11-22-17(23)4-3-5-19-22/h3-5,12,14H,6-11,13H2,1-2H3. The molecule has 2 aromatic heterocycles. The molecule has 0 amide bonds. The maximum atomic E-state index is 11.7. The van der Waals surface area contributed by atoms with Crippen LogP contribution < -0.4 is 5.56 Å². The van der Waals surface area contributed by atoms with E-state index in [1.807, 2.05) is 6.20 Å². The fraction of sp³-hybridized carbons (Fsp3) is 0.588. The SMILES string of the molecule is CC(C)c1cnc(CN2CCN(CCn3ncccc3=O)CC2)o1. The van der Waals surface area contributed by atoms with Gasteiger partial charge in [-0.15, -0.1) is 0 Å². The number of rotatable bonds is 6. The Morgan fingerprint density at radius 3 is 2.58 bits per heavy atom. The number of hydrogen-bond acceptors (Lipinski definition) is 6. The molecule has 1 fully saturated rings. The molecule has 2 aromatic rings. The summed E-state index contributed by atoms with van der Waals surface area (Å²) in [6, 6.07) is 3.22. The second-order valence-electron chi connectivity index (χ2n) is 6.51. The molecule has 0 N–H and O–H groups in total. The maximum Gasteiger partial charge on any atom is 0.266 e. The van der Waals surface area contributed by atoms with Crippen molar-refractivity contribution >= 4 is 0 Å². The zero-order valence-electron chi connectivity index (χ0n) is 14.4. The zero-order valence-corrected chi connectivity index (χ0v) is 14.4. The first-order chi connectivity index (χ1) is 11.6. The van der Waals surface area contributed by atoms with E-state index in [0.29, 0.717) is 12.5 Å². The van der Waals surface area contributed by atoms with Gasteiger partial charge in [-0.2, -0.15) is 5.10 Å². The van der Waals surface area contributed by atoms with E-state index in [-0.39, 0.29) is 5.56 Å². The van der Waals surface area contributed by atoms with Crippen molar-refractivity contribution < 1.29 is 4.42 Å². The third-order valence-corrected chi connectivity index (χ3v) is 4.38. The first-order valence-electron chi connectivity index (χ1n) is 8.53. The monoisotopic (exact) mass is 331 g/mol. The van der Waals surface area contributed by atoms with Gasteiger partial charge in [0.2, 0.25) is 5.89 Å². The topological polar surface area (TPSA) is 67.4 Å². The average molecular weight is 331 g/mol. The van der Waals surface area contributed by atoms with Crippen molar-refractivity contribution in [2.75, 3.05) is 32.7 Å². The van der Waals surface area contributed by atoms with Crippen LogP contribution in [0.1, 0.15) is 31.4 Å². The molecule has 0 saturated carbocycles. The summed E-state index contributed by atoms with van der Waals surface area (Å²) in [5.41, 5.74) is -0.0408. The van der Waals surface area contributed by atoms with Crippen LogP contribution in [0.4, 0.5) is 0 Å². The summed E-state index contributed by atoms with van der Waals surface area (Å²) in [5.74, 6) is 2.12. The van der Waals surface area contributed by atoms with Crippen LogP contribution in [0.25, 0.3) is 0 Å². The minimum atomic E-state index is -0.0408. The number of nitrogens with zero attached hydrogens (tertiary/aromatic N) is 5. The highest BCUT2D eigenvalue weighted by Crippen LogP contribution is 2.16. The molecule has 0 atom stereocenters. The molecule has 1 saturated heterocycles. The Bertz CT molecular complexity index is 701. The van der Waals surface area contributed by atoms with Crippen LogP contribution in [0.2, 0.25) is 0 Å². The van der Waals surface area contributed by atoms with E-state index in [4.69, 9.17) is 4.42 Å². The van der Waals surface area contributed by atoms with Gasteiger partial charge in [-0.25, -0.2) is 9.67 Å². The van der Waals surface area contributed by atoms with Crippen LogP contribution in [0.3, 0.4) is 0 Å². The smallest absolute Gasteiger partial charge is 0.266 e. The summed E-state index contributed by atoms with van der Waals surface area (Å²) < 4.78 is 7.30. The van der Waals surface area contributed by atoms with Crippen molar-refractivity contribution in [3.05, 3.63) is 46.5 Å². The second-order valence-corrected chi connectivity index (χ2v) is 6.51. The fourth-order valence-corrected chi connectivity index (χ4v) is 2.82. The Hall–Kier alpha value is -1.99. The molecule has 0 spiro atoms. The van der Waals surface area contributed by atoms with Gasteiger partial charge >= 0.3 is 0 Å². The zero-order chi connectivity index (χ0) is 16.9. The molecule has 0 radical (unpaired) electrons. The molecule has 1 aliphatic rings. The molecular weight excluding hydrogens is 306 g/mol. The van der Waals surface area contributed by atoms with Crippen molar-refractivity contribution in [2.24, 2.45) is 0 Å². The van der Waals surface area contributed by atoms with Gasteiger partial charge < -0.3 is 4.42 Å². The predicted octanol–water partition coefficient (Wildman–Crippen LogP) is 1.17. The molecule has 0 aromatic carbocycles. The Kier molecular flexibility index (Phi) is 5.42. The Morgan fingerprint density at radius 1 is 1.17 bits per heavy atom. The Labute approximate surface area is 141 Å². The summed E-state index contributed by atoms with van der Waals surface area (Å²) in [6.45, 7) is 10.4. The molecule has 0 bridgehead atoms. The Morgan fingerprint density at radius 2 is 1.92 bits per heavy atom. The highest BCUT2D eigenvalue weighted by atomic mass is 16.4. The summed E-state index contributed by atoms with van der Waals surface area (Å²) in [7, 11) is 0. The molecule has 24 heavy (non-hydrogen) atoms. The van der Waals surface area contributed by atoms with Gasteiger partial charge in [0.05, 0.1) is 19.3 Å². The van der Waals surface area contributed by atoms with Gasteiger partial charge in [0, 0.05) is 50.9 Å². The minimum absolute atomic E-state index is 0.0408. The molecule has 7 heteroatoms. The van der Waals surface area contributed by atoms with Crippen molar-refractivity contribution in [2.45, 2.75) is 32.9 Å². The normalized spacial score (nSPS) is 16.8. The highest BCUT2D eigenvalue weighted by Gasteiger charge is 2.19. The van der Waals surface area contributed by atoms with E-state index in [2.05, 4.69) is 33.7 Å². The van der Waals surface area contributed by atoms with Crippen molar-refractivity contribution in [3.63, 3.8) is 0 Å². The van der Waals surface area contributed by atoms with E-state index < -0.39 is 0 Å². The van der Waals surface area contributed by atoms with Gasteiger partial charge in [0.15, 0.2) is 0 Å². The first-order valence-corrected chi connectivity index (χ1v) is 8.53. The fourth-order valence-electron chi connectivity index (χ4n) is 2.82. The lowest BCUT2D eigenvalue weighted by molar-refractivity contribution is 0.115. The highest BCUT2D eigenvalue weighted by molar-refractivity contribution is 4.99. The van der Waals surface area contributed by atoms with Gasteiger partial charge in [0.25, 0.3) is 5.56 Å². The molecular formula is C17H25N5O2. The van der Waals surface area contributed by atoms with E-state index in [9.17, 15) is 4.79 Å². The molecule has 3 rings (SSSR count). The molecule has 0 aliphatic carbocycles. The van der Waals surface area contributed by atoms with Crippen LogP contribution in [-0.2, 0) is 13.1 Å². The van der Waals surface area contributed by atoms with E-state index in [0.717, 1.165) is 50.9 Å². The summed E-state index contributed by atoms with van der Waals surface area (Å²) in [6.07, 6.45) is 3.49. The van der Waals surface area contributed by atoms with E-state index in [1.54, 1.807) is 18.3 Å². The summed E-state index contributed by atoms with van der Waals surface area (Å²) in [4.78, 5) is 20.7. The van der Waals surface area contributed by atoms with Crippen LogP contribution in [0.5, 0.6) is 0 Å². The first kappa shape index (κ1) is 16.9. The van der Waals surface area contributed by atoms with Crippen LogP contribution in [-0.4, -0.2) is 57.3 Å². The van der Waals surface area contributed by atoms with Gasteiger partial charge in [0.1, 0.15) is 5.76 Å². The molecule has 130 valence electrons. The lowest BCUT2D eigenvalue weighted by Crippen LogP contribution is -2.47. The van der Waals surface area contributed by atoms with Crippen LogP contribution in [0.15, 0.2) is 33.7 Å². The van der Waals surface area contributed by atoms with Gasteiger partial charge in [-0.3, -0.25) is 14.6 Å². The van der Waals surface area contributed by atoms with Gasteiger partial charge in [-0.05, 0) is 6.07 Å². The lowest BCUT2D eigenvalue weighted by Gasteiger charge is -2.33. The van der Waals surface area contributed by atoms with Gasteiger partial charge in [-0.1, -0.05) is 13.8 Å². The Balaban J connectivity index is 1.44. The van der Waals surface area contributed by atoms with Crippen molar-refractivity contribution in [1.82, 2.24) is 24.6 Å². The molecule has 0 unspecified atom stereocenters. The van der Waals surface area contributed by atoms with Crippen molar-refractivity contribution in [1.29, 1.82) is 0 Å². The number of hydrogen-bond donors (Lipinski definition) is 0. The quantitative estimate of drug-likeness (QED) is 0.792. The third kappa shape index (κ3) is 4.30. The largest absolute Gasteiger partial charge is 0.444 e. The predicted molar refractivity (Wildman–Crippen MR) is 90.8 cm³/mol. The maximum absolute atomic E-state index is 11.7. The lowest BCUT2D eigenvalue weighted by atomic mass is 10.2. The number of piperazine rings is 1. The average Bonchev–Trinajstić information content (AvgIpc) is 3.04. The summed E-state index contributed by atoms with van der Waals surface area (Å²) in [5, 5.41) is 4.10. The number of oxazole rings is 1. The minimum Gasteiger partial charge on any atom is -0.444 e. The van der Waals surface area contributed by atoms with Crippen molar-refractivity contribution in [3.8, 4) is 0 Å².